The largest absolute Gasteiger partial charge is 0.467 e. The summed E-state index contributed by atoms with van der Waals surface area (Å²) < 4.78 is 39.3. The first-order valence-corrected chi connectivity index (χ1v) is 3.47. The third kappa shape index (κ3) is 3.73. The van der Waals surface area contributed by atoms with Crippen LogP contribution in [0.3, 0.4) is 0 Å². The number of aryl methyl sites for hydroxylation is 1. The van der Waals surface area contributed by atoms with Crippen LogP contribution in [0, 0.1) is 6.92 Å². The molecule has 1 rings (SSSR count). The van der Waals surface area contributed by atoms with Crippen LogP contribution in [0.25, 0.3) is 0 Å². The second-order valence-electron chi connectivity index (χ2n) is 2.42. The van der Waals surface area contributed by atoms with Crippen LogP contribution in [-0.2, 0) is 0 Å². The van der Waals surface area contributed by atoms with Crippen molar-refractivity contribution < 1.29 is 17.9 Å². The molecule has 0 aliphatic carbocycles. The summed E-state index contributed by atoms with van der Waals surface area (Å²) in [5.41, 5.74) is 0.624. The molecule has 0 bridgehead atoms. The lowest BCUT2D eigenvalue weighted by molar-refractivity contribution is -0.154. The Morgan fingerprint density at radius 3 is 2.46 bits per heavy atom. The SMILES string of the molecule is Cc1ccc(OCC(F)(F)F)nn1. The van der Waals surface area contributed by atoms with Gasteiger partial charge in [0.15, 0.2) is 6.61 Å². The molecular formula is C7H7F3N2O. The van der Waals surface area contributed by atoms with Crippen LogP contribution in [-0.4, -0.2) is 23.0 Å². The van der Waals surface area contributed by atoms with Crippen LogP contribution in [0.15, 0.2) is 12.1 Å². The van der Waals surface area contributed by atoms with Gasteiger partial charge in [0, 0.05) is 6.07 Å². The van der Waals surface area contributed by atoms with Crippen LogP contribution < -0.4 is 4.74 Å². The molecule has 0 N–H and O–H groups in total. The summed E-state index contributed by atoms with van der Waals surface area (Å²) in [7, 11) is 0. The summed E-state index contributed by atoms with van der Waals surface area (Å²) in [6.07, 6.45) is -4.34. The Hall–Kier alpha value is -1.33. The minimum atomic E-state index is -4.34. The zero-order valence-electron chi connectivity index (χ0n) is 6.80. The third-order valence-electron chi connectivity index (χ3n) is 1.16. The highest BCUT2D eigenvalue weighted by molar-refractivity contribution is 5.10. The van der Waals surface area contributed by atoms with Gasteiger partial charge in [0.25, 0.3) is 0 Å². The standard InChI is InChI=1S/C7H7F3N2O/c1-5-2-3-6(12-11-5)13-4-7(8,9)10/h2-3H,4H2,1H3. The highest BCUT2D eigenvalue weighted by Gasteiger charge is 2.28. The summed E-state index contributed by atoms with van der Waals surface area (Å²) >= 11 is 0. The van der Waals surface area contributed by atoms with E-state index in [1.165, 1.54) is 12.1 Å². The Kier molecular flexibility index (Phi) is 2.69. The van der Waals surface area contributed by atoms with Gasteiger partial charge in [-0.25, -0.2) is 0 Å². The lowest BCUT2D eigenvalue weighted by Gasteiger charge is -2.06. The van der Waals surface area contributed by atoms with Crippen LogP contribution in [0.1, 0.15) is 5.69 Å². The Morgan fingerprint density at radius 1 is 1.31 bits per heavy atom. The van der Waals surface area contributed by atoms with Gasteiger partial charge in [-0.3, -0.25) is 0 Å². The van der Waals surface area contributed by atoms with Crippen LogP contribution in [0.5, 0.6) is 5.88 Å². The zero-order chi connectivity index (χ0) is 9.90. The van der Waals surface area contributed by atoms with Crippen LogP contribution in [0.4, 0.5) is 13.2 Å². The number of alkyl halides is 3. The Balaban J connectivity index is 2.51. The van der Waals surface area contributed by atoms with Gasteiger partial charge in [0.2, 0.25) is 5.88 Å². The Morgan fingerprint density at radius 2 is 2.00 bits per heavy atom. The maximum absolute atomic E-state index is 11.6. The van der Waals surface area contributed by atoms with Gasteiger partial charge in [-0.1, -0.05) is 0 Å². The maximum atomic E-state index is 11.6. The van der Waals surface area contributed by atoms with E-state index in [1.807, 2.05) is 0 Å². The third-order valence-corrected chi connectivity index (χ3v) is 1.16. The van der Waals surface area contributed by atoms with E-state index in [4.69, 9.17) is 0 Å². The minimum Gasteiger partial charge on any atom is -0.467 e. The number of ether oxygens (including phenoxy) is 1. The van der Waals surface area contributed by atoms with E-state index in [9.17, 15) is 13.2 Å². The zero-order valence-corrected chi connectivity index (χ0v) is 6.80. The van der Waals surface area contributed by atoms with Gasteiger partial charge in [0.05, 0.1) is 5.69 Å². The number of hydrogen-bond donors (Lipinski definition) is 0. The number of aromatic nitrogens is 2. The van der Waals surface area contributed by atoms with Crippen molar-refractivity contribution in [2.45, 2.75) is 13.1 Å². The van der Waals surface area contributed by atoms with Crippen molar-refractivity contribution in [1.29, 1.82) is 0 Å². The predicted octanol–water partition coefficient (Wildman–Crippen LogP) is 1.73. The van der Waals surface area contributed by atoms with Crippen LogP contribution >= 0.6 is 0 Å². The quantitative estimate of drug-likeness (QED) is 0.715. The van der Waals surface area contributed by atoms with Crippen molar-refractivity contribution >= 4 is 0 Å². The fourth-order valence-electron chi connectivity index (χ4n) is 0.619. The van der Waals surface area contributed by atoms with Crippen molar-refractivity contribution in [3.8, 4) is 5.88 Å². The fourth-order valence-corrected chi connectivity index (χ4v) is 0.619. The topological polar surface area (TPSA) is 35.0 Å². The number of nitrogens with zero attached hydrogens (tertiary/aromatic N) is 2. The average Bonchev–Trinajstić information content (AvgIpc) is 2.02. The molecule has 0 fully saturated rings. The highest BCUT2D eigenvalue weighted by atomic mass is 19.4. The van der Waals surface area contributed by atoms with Gasteiger partial charge in [-0.05, 0) is 13.0 Å². The lowest BCUT2D eigenvalue weighted by Crippen LogP contribution is -2.19. The molecule has 0 atom stereocenters. The number of hydrogen-bond acceptors (Lipinski definition) is 3. The molecule has 0 unspecified atom stereocenters. The molecule has 0 saturated carbocycles. The van der Waals surface area contributed by atoms with E-state index in [1.54, 1.807) is 6.92 Å². The van der Waals surface area contributed by atoms with Crippen molar-refractivity contribution in [3.63, 3.8) is 0 Å². The molecule has 0 saturated heterocycles. The fraction of sp³-hybridized carbons (Fsp3) is 0.429. The minimum absolute atomic E-state index is 0.122. The molecule has 0 amide bonds. The van der Waals surface area contributed by atoms with Crippen molar-refractivity contribution in [2.75, 3.05) is 6.61 Å². The first-order valence-electron chi connectivity index (χ1n) is 3.47. The molecule has 0 radical (unpaired) electrons. The second-order valence-corrected chi connectivity index (χ2v) is 2.42. The first kappa shape index (κ1) is 9.76. The van der Waals surface area contributed by atoms with Crippen molar-refractivity contribution in [2.24, 2.45) is 0 Å². The molecule has 0 aliphatic heterocycles. The molecular weight excluding hydrogens is 185 g/mol. The Labute approximate surface area is 72.5 Å². The van der Waals surface area contributed by atoms with E-state index < -0.39 is 12.8 Å². The summed E-state index contributed by atoms with van der Waals surface area (Å²) in [4.78, 5) is 0. The van der Waals surface area contributed by atoms with E-state index in [0.717, 1.165) is 0 Å². The molecule has 0 aromatic carbocycles. The monoisotopic (exact) mass is 192 g/mol. The molecule has 0 aliphatic rings. The maximum Gasteiger partial charge on any atom is 0.422 e. The second kappa shape index (κ2) is 3.59. The smallest absolute Gasteiger partial charge is 0.422 e. The summed E-state index contributed by atoms with van der Waals surface area (Å²) in [6, 6.07) is 2.87. The van der Waals surface area contributed by atoms with Gasteiger partial charge in [0.1, 0.15) is 0 Å². The first-order chi connectivity index (χ1) is 5.97. The van der Waals surface area contributed by atoms with E-state index in [0.29, 0.717) is 5.69 Å². The predicted molar refractivity (Wildman–Crippen MR) is 38.3 cm³/mol. The van der Waals surface area contributed by atoms with E-state index in [2.05, 4.69) is 14.9 Å². The van der Waals surface area contributed by atoms with Gasteiger partial charge in [-0.2, -0.15) is 18.3 Å². The molecule has 1 heterocycles. The normalized spacial score (nSPS) is 11.4. The number of rotatable bonds is 2. The molecule has 1 aromatic rings. The van der Waals surface area contributed by atoms with Gasteiger partial charge >= 0.3 is 6.18 Å². The summed E-state index contributed by atoms with van der Waals surface area (Å²) in [5, 5.41) is 6.95. The summed E-state index contributed by atoms with van der Waals surface area (Å²) in [6.45, 7) is 0.339. The average molecular weight is 192 g/mol. The molecule has 1 aromatic heterocycles. The lowest BCUT2D eigenvalue weighted by atomic mass is 10.4. The van der Waals surface area contributed by atoms with Crippen molar-refractivity contribution in [1.82, 2.24) is 10.2 Å². The van der Waals surface area contributed by atoms with E-state index >= 15 is 0 Å². The summed E-state index contributed by atoms with van der Waals surface area (Å²) in [5.74, 6) is -0.122. The number of halogens is 3. The molecule has 6 heteroatoms. The molecule has 72 valence electrons. The Bertz CT molecular complexity index is 270. The molecule has 3 nitrogen and oxygen atoms in total. The van der Waals surface area contributed by atoms with Crippen molar-refractivity contribution in [3.05, 3.63) is 17.8 Å². The van der Waals surface area contributed by atoms with Gasteiger partial charge < -0.3 is 4.74 Å². The van der Waals surface area contributed by atoms with Crippen LogP contribution in [0.2, 0.25) is 0 Å². The van der Waals surface area contributed by atoms with Gasteiger partial charge in [-0.15, -0.1) is 5.10 Å². The molecule has 0 spiro atoms. The molecule has 13 heavy (non-hydrogen) atoms. The highest BCUT2D eigenvalue weighted by Crippen LogP contribution is 2.16. The van der Waals surface area contributed by atoms with E-state index in [-0.39, 0.29) is 5.88 Å².